The Morgan fingerprint density at radius 1 is 1.35 bits per heavy atom. The highest BCUT2D eigenvalue weighted by Gasteiger charge is 2.29. The minimum absolute atomic E-state index is 0.0199. The van der Waals surface area contributed by atoms with Gasteiger partial charge in [-0.1, -0.05) is 12.1 Å². The summed E-state index contributed by atoms with van der Waals surface area (Å²) in [5.74, 6) is 0.245. The molecular formula is C11H21F3N4OS. The molecule has 1 fully saturated rings. The van der Waals surface area contributed by atoms with E-state index in [2.05, 4.69) is 10.1 Å². The Hall–Kier alpha value is -0.670. The molecule has 1 aliphatic heterocycles. The lowest BCUT2D eigenvalue weighted by molar-refractivity contribution is -0.0329. The third kappa shape index (κ3) is 5.76. The molecule has 0 aromatic heterocycles. The van der Waals surface area contributed by atoms with Crippen LogP contribution >= 0.6 is 11.8 Å². The first-order chi connectivity index (χ1) is 9.37. The van der Waals surface area contributed by atoms with Crippen molar-refractivity contribution in [3.8, 4) is 0 Å². The van der Waals surface area contributed by atoms with Gasteiger partial charge in [-0.25, -0.2) is 0 Å². The summed E-state index contributed by atoms with van der Waals surface area (Å²) in [5.41, 5.74) is 1.49. The first-order valence-corrected chi connectivity index (χ1v) is 7.50. The van der Waals surface area contributed by atoms with Gasteiger partial charge >= 0.3 is 5.51 Å². The normalized spacial score (nSPS) is 21.1. The van der Waals surface area contributed by atoms with Gasteiger partial charge in [-0.3, -0.25) is 9.80 Å². The molecular weight excluding hydrogens is 293 g/mol. The molecule has 20 heavy (non-hydrogen) atoms. The minimum atomic E-state index is -4.15. The lowest BCUT2D eigenvalue weighted by Gasteiger charge is -2.38. The predicted molar refractivity (Wildman–Crippen MR) is 74.0 cm³/mol. The van der Waals surface area contributed by atoms with Gasteiger partial charge in [-0.2, -0.15) is 13.2 Å². The van der Waals surface area contributed by atoms with E-state index in [0.29, 0.717) is 32.7 Å². The Morgan fingerprint density at radius 2 is 1.95 bits per heavy atom. The molecule has 1 heterocycles. The van der Waals surface area contributed by atoms with Crippen LogP contribution in [0.3, 0.4) is 0 Å². The fourth-order valence-electron chi connectivity index (χ4n) is 2.31. The van der Waals surface area contributed by atoms with Gasteiger partial charge in [0.1, 0.15) is 0 Å². The van der Waals surface area contributed by atoms with Crippen LogP contribution in [0.15, 0.2) is 5.16 Å². The molecule has 0 radical (unpaired) electrons. The number of hydrogen-bond donors (Lipinski definition) is 2. The van der Waals surface area contributed by atoms with Crippen molar-refractivity contribution in [1.29, 1.82) is 0 Å². The zero-order valence-electron chi connectivity index (χ0n) is 11.4. The van der Waals surface area contributed by atoms with Gasteiger partial charge < -0.3 is 10.9 Å². The number of nitrogens with zero attached hydrogens (tertiary/aromatic N) is 3. The highest BCUT2D eigenvalue weighted by Crippen LogP contribution is 2.29. The maximum Gasteiger partial charge on any atom is 0.441 e. The summed E-state index contributed by atoms with van der Waals surface area (Å²) < 4.78 is 36.1. The van der Waals surface area contributed by atoms with Gasteiger partial charge in [0.15, 0.2) is 5.84 Å². The highest BCUT2D eigenvalue weighted by molar-refractivity contribution is 8.00. The van der Waals surface area contributed by atoms with Gasteiger partial charge in [0, 0.05) is 38.5 Å². The van der Waals surface area contributed by atoms with Crippen LogP contribution in [-0.2, 0) is 0 Å². The average Bonchev–Trinajstić information content (AvgIpc) is 2.39. The summed E-state index contributed by atoms with van der Waals surface area (Å²) in [5, 5.41) is 11.8. The minimum Gasteiger partial charge on any atom is -0.409 e. The van der Waals surface area contributed by atoms with Crippen molar-refractivity contribution in [3.05, 3.63) is 0 Å². The number of halogens is 3. The lowest BCUT2D eigenvalue weighted by Crippen LogP contribution is -2.54. The van der Waals surface area contributed by atoms with E-state index in [1.807, 2.05) is 11.8 Å². The first kappa shape index (κ1) is 17.4. The predicted octanol–water partition coefficient (Wildman–Crippen LogP) is 1.38. The van der Waals surface area contributed by atoms with E-state index < -0.39 is 5.51 Å². The zero-order valence-corrected chi connectivity index (χ0v) is 12.3. The number of oxime groups is 1. The highest BCUT2D eigenvalue weighted by atomic mass is 32.2. The lowest BCUT2D eigenvalue weighted by atomic mass is 10.1. The van der Waals surface area contributed by atoms with Crippen molar-refractivity contribution in [2.45, 2.75) is 24.9 Å². The van der Waals surface area contributed by atoms with Gasteiger partial charge in [0.2, 0.25) is 0 Å². The van der Waals surface area contributed by atoms with Crippen molar-refractivity contribution in [3.63, 3.8) is 0 Å². The van der Waals surface area contributed by atoms with E-state index in [1.54, 1.807) is 0 Å². The molecule has 1 aliphatic rings. The Bertz CT molecular complexity index is 319. The fourth-order valence-corrected chi connectivity index (χ4v) is 2.89. The molecule has 0 aliphatic carbocycles. The summed E-state index contributed by atoms with van der Waals surface area (Å²) in [4.78, 5) is 4.11. The quantitative estimate of drug-likeness (QED) is 0.336. The smallest absolute Gasteiger partial charge is 0.409 e. The summed E-state index contributed by atoms with van der Waals surface area (Å²) in [7, 11) is 0. The van der Waals surface area contributed by atoms with Crippen molar-refractivity contribution >= 4 is 17.6 Å². The fraction of sp³-hybridized carbons (Fsp3) is 0.909. The van der Waals surface area contributed by atoms with E-state index in [4.69, 9.17) is 10.9 Å². The van der Waals surface area contributed by atoms with E-state index in [-0.39, 0.29) is 29.4 Å². The van der Waals surface area contributed by atoms with Crippen LogP contribution in [0, 0.1) is 0 Å². The molecule has 1 atom stereocenters. The zero-order chi connectivity index (χ0) is 15.2. The van der Waals surface area contributed by atoms with Crippen LogP contribution in [0.2, 0.25) is 0 Å². The van der Waals surface area contributed by atoms with Crippen LogP contribution in [0.5, 0.6) is 0 Å². The molecule has 0 saturated carbocycles. The molecule has 1 rings (SSSR count). The van der Waals surface area contributed by atoms with Crippen molar-refractivity contribution in [2.75, 3.05) is 38.5 Å². The van der Waals surface area contributed by atoms with Crippen molar-refractivity contribution in [2.24, 2.45) is 10.9 Å². The molecule has 0 amide bonds. The summed E-state index contributed by atoms with van der Waals surface area (Å²) in [6.45, 7) is 5.21. The molecule has 1 saturated heterocycles. The summed E-state index contributed by atoms with van der Waals surface area (Å²) >= 11 is 0.0199. The van der Waals surface area contributed by atoms with E-state index in [0.717, 1.165) is 6.42 Å². The van der Waals surface area contributed by atoms with Crippen LogP contribution in [-0.4, -0.2) is 70.9 Å². The summed E-state index contributed by atoms with van der Waals surface area (Å²) in [6.07, 6.45) is 0.736. The number of amidine groups is 1. The monoisotopic (exact) mass is 314 g/mol. The summed E-state index contributed by atoms with van der Waals surface area (Å²) in [6, 6.07) is -0.105. The van der Waals surface area contributed by atoms with E-state index in [1.165, 1.54) is 0 Å². The Kier molecular flexibility index (Phi) is 6.90. The number of thioether (sulfide) groups is 1. The Labute approximate surface area is 121 Å². The van der Waals surface area contributed by atoms with Crippen LogP contribution in [0.4, 0.5) is 13.2 Å². The second kappa shape index (κ2) is 7.94. The molecule has 0 aromatic rings. The number of rotatable bonds is 6. The van der Waals surface area contributed by atoms with Gasteiger partial charge in [0.05, 0.1) is 6.04 Å². The third-order valence-electron chi connectivity index (χ3n) is 3.36. The van der Waals surface area contributed by atoms with Crippen LogP contribution in [0.25, 0.3) is 0 Å². The number of piperazine rings is 1. The molecule has 1 unspecified atom stereocenters. The average molecular weight is 314 g/mol. The number of hydrogen-bond acceptors (Lipinski definition) is 5. The van der Waals surface area contributed by atoms with E-state index >= 15 is 0 Å². The topological polar surface area (TPSA) is 65.1 Å². The maximum atomic E-state index is 12.0. The van der Waals surface area contributed by atoms with Crippen molar-refractivity contribution in [1.82, 2.24) is 9.80 Å². The van der Waals surface area contributed by atoms with Crippen LogP contribution in [0.1, 0.15) is 13.3 Å². The SMILES string of the molecule is CCC(C(N)=NO)N1CCN(CCSC(F)(F)F)CC1. The Morgan fingerprint density at radius 3 is 2.40 bits per heavy atom. The third-order valence-corrected chi connectivity index (χ3v) is 4.08. The number of nitrogens with two attached hydrogens (primary N) is 1. The van der Waals surface area contributed by atoms with E-state index in [9.17, 15) is 13.2 Å². The van der Waals surface area contributed by atoms with Crippen molar-refractivity contribution < 1.29 is 18.4 Å². The molecule has 5 nitrogen and oxygen atoms in total. The first-order valence-electron chi connectivity index (χ1n) is 6.52. The molecule has 3 N–H and O–H groups in total. The number of alkyl halides is 3. The van der Waals surface area contributed by atoms with Gasteiger partial charge in [-0.05, 0) is 18.2 Å². The molecule has 9 heteroatoms. The molecule has 0 spiro atoms. The largest absolute Gasteiger partial charge is 0.441 e. The van der Waals surface area contributed by atoms with Crippen LogP contribution < -0.4 is 5.73 Å². The molecule has 0 aromatic carbocycles. The second-order valence-electron chi connectivity index (χ2n) is 4.62. The van der Waals surface area contributed by atoms with Gasteiger partial charge in [0.25, 0.3) is 0 Å². The Balaban J connectivity index is 2.32. The second-order valence-corrected chi connectivity index (χ2v) is 5.78. The standard InChI is InChI=1S/C11H21F3N4OS/c1-2-9(10(15)16-19)18-5-3-17(4-6-18)7-8-20-11(12,13)14/h9,19H,2-8H2,1H3,(H2,15,16). The molecule has 0 bridgehead atoms. The maximum absolute atomic E-state index is 12.0. The van der Waals surface area contributed by atoms with Gasteiger partial charge in [-0.15, -0.1) is 0 Å². The molecule has 118 valence electrons.